The van der Waals surface area contributed by atoms with Crippen molar-refractivity contribution in [1.29, 1.82) is 0 Å². The molecule has 2 heterocycles. The first-order chi connectivity index (χ1) is 10.7. The molecule has 22 heavy (non-hydrogen) atoms. The SMILES string of the molecule is O=CN1CCN(C(=O)C(=O)Nc2cccc3[nH]ccc23)CC1. The lowest BCUT2D eigenvalue weighted by Crippen LogP contribution is -2.51. The summed E-state index contributed by atoms with van der Waals surface area (Å²) >= 11 is 0. The van der Waals surface area contributed by atoms with Crippen molar-refractivity contribution < 1.29 is 14.4 Å². The molecule has 1 aromatic carbocycles. The number of rotatable bonds is 2. The van der Waals surface area contributed by atoms with Crippen LogP contribution in [0.3, 0.4) is 0 Å². The van der Waals surface area contributed by atoms with E-state index < -0.39 is 11.8 Å². The number of anilines is 1. The Morgan fingerprint density at radius 2 is 1.91 bits per heavy atom. The zero-order valence-corrected chi connectivity index (χ0v) is 11.9. The van der Waals surface area contributed by atoms with E-state index >= 15 is 0 Å². The fraction of sp³-hybridized carbons (Fsp3) is 0.267. The van der Waals surface area contributed by atoms with E-state index in [1.807, 2.05) is 18.2 Å². The monoisotopic (exact) mass is 300 g/mol. The molecule has 0 radical (unpaired) electrons. The summed E-state index contributed by atoms with van der Waals surface area (Å²) in [5.41, 5.74) is 1.49. The Balaban J connectivity index is 1.68. The summed E-state index contributed by atoms with van der Waals surface area (Å²) < 4.78 is 0. The smallest absolute Gasteiger partial charge is 0.313 e. The summed E-state index contributed by atoms with van der Waals surface area (Å²) in [5, 5.41) is 3.52. The van der Waals surface area contributed by atoms with Gasteiger partial charge >= 0.3 is 11.8 Å². The highest BCUT2D eigenvalue weighted by atomic mass is 16.2. The molecule has 0 aliphatic carbocycles. The van der Waals surface area contributed by atoms with E-state index in [0.29, 0.717) is 31.9 Å². The molecule has 2 N–H and O–H groups in total. The second-order valence-corrected chi connectivity index (χ2v) is 5.13. The first-order valence-corrected chi connectivity index (χ1v) is 7.05. The number of nitrogens with zero attached hydrogens (tertiary/aromatic N) is 2. The highest BCUT2D eigenvalue weighted by Gasteiger charge is 2.25. The van der Waals surface area contributed by atoms with Crippen molar-refractivity contribution in [2.75, 3.05) is 31.5 Å². The number of aromatic amines is 1. The van der Waals surface area contributed by atoms with Gasteiger partial charge in [-0.1, -0.05) is 6.07 Å². The second-order valence-electron chi connectivity index (χ2n) is 5.13. The van der Waals surface area contributed by atoms with Gasteiger partial charge in [-0.2, -0.15) is 0 Å². The molecule has 3 rings (SSSR count). The molecular formula is C15H16N4O3. The van der Waals surface area contributed by atoms with Gasteiger partial charge in [0.2, 0.25) is 6.41 Å². The van der Waals surface area contributed by atoms with Gasteiger partial charge in [0, 0.05) is 43.3 Å². The van der Waals surface area contributed by atoms with Crippen LogP contribution in [0.15, 0.2) is 30.5 Å². The molecule has 3 amide bonds. The van der Waals surface area contributed by atoms with E-state index in [0.717, 1.165) is 17.3 Å². The lowest BCUT2D eigenvalue weighted by molar-refractivity contribution is -0.144. The van der Waals surface area contributed by atoms with Crippen LogP contribution in [0.2, 0.25) is 0 Å². The fourth-order valence-electron chi connectivity index (χ4n) is 2.54. The molecule has 7 heteroatoms. The number of hydrogen-bond acceptors (Lipinski definition) is 3. The molecule has 1 aliphatic rings. The minimum Gasteiger partial charge on any atom is -0.361 e. The van der Waals surface area contributed by atoms with E-state index in [-0.39, 0.29) is 0 Å². The average Bonchev–Trinajstić information content (AvgIpc) is 3.04. The number of carbonyl (C=O) groups is 3. The van der Waals surface area contributed by atoms with Gasteiger partial charge in [-0.3, -0.25) is 14.4 Å². The van der Waals surface area contributed by atoms with Crippen LogP contribution in [-0.2, 0) is 14.4 Å². The molecule has 1 aromatic heterocycles. The van der Waals surface area contributed by atoms with Crippen LogP contribution in [0.4, 0.5) is 5.69 Å². The van der Waals surface area contributed by atoms with Crippen LogP contribution >= 0.6 is 0 Å². The minimum absolute atomic E-state index is 0.374. The van der Waals surface area contributed by atoms with Gasteiger partial charge in [0.1, 0.15) is 0 Å². The maximum atomic E-state index is 12.2. The van der Waals surface area contributed by atoms with Crippen molar-refractivity contribution in [3.8, 4) is 0 Å². The summed E-state index contributed by atoms with van der Waals surface area (Å²) in [6.07, 6.45) is 2.54. The normalized spacial score (nSPS) is 14.9. The van der Waals surface area contributed by atoms with E-state index in [9.17, 15) is 14.4 Å². The number of fused-ring (bicyclic) bond motifs is 1. The fourth-order valence-corrected chi connectivity index (χ4v) is 2.54. The van der Waals surface area contributed by atoms with E-state index in [1.54, 1.807) is 17.2 Å². The lowest BCUT2D eigenvalue weighted by Gasteiger charge is -2.32. The van der Waals surface area contributed by atoms with E-state index in [4.69, 9.17) is 0 Å². The highest BCUT2D eigenvalue weighted by molar-refractivity contribution is 6.40. The number of amides is 3. The number of piperazine rings is 1. The van der Waals surface area contributed by atoms with Crippen LogP contribution in [-0.4, -0.2) is 59.2 Å². The van der Waals surface area contributed by atoms with Crippen molar-refractivity contribution in [2.24, 2.45) is 0 Å². The molecule has 0 bridgehead atoms. The van der Waals surface area contributed by atoms with Crippen molar-refractivity contribution in [3.63, 3.8) is 0 Å². The number of carbonyl (C=O) groups excluding carboxylic acids is 3. The van der Waals surface area contributed by atoms with Crippen LogP contribution in [0, 0.1) is 0 Å². The summed E-state index contributed by atoms with van der Waals surface area (Å²) in [6, 6.07) is 7.30. The van der Waals surface area contributed by atoms with Gasteiger partial charge in [0.05, 0.1) is 5.69 Å². The standard InChI is InChI=1S/C15H16N4O3/c20-10-18-6-8-19(9-7-18)15(22)14(21)17-13-3-1-2-12-11(13)4-5-16-12/h1-5,10,16H,6-9H2,(H,17,21). The molecule has 114 valence electrons. The Morgan fingerprint density at radius 1 is 1.14 bits per heavy atom. The van der Waals surface area contributed by atoms with Crippen molar-refractivity contribution in [1.82, 2.24) is 14.8 Å². The second kappa shape index (κ2) is 5.88. The number of hydrogen-bond donors (Lipinski definition) is 2. The van der Waals surface area contributed by atoms with Gasteiger partial charge in [-0.25, -0.2) is 0 Å². The predicted molar refractivity (Wildman–Crippen MR) is 81.1 cm³/mol. The lowest BCUT2D eigenvalue weighted by atomic mass is 10.2. The molecule has 7 nitrogen and oxygen atoms in total. The Labute approximate surface area is 126 Å². The van der Waals surface area contributed by atoms with Crippen molar-refractivity contribution >= 4 is 34.8 Å². The first-order valence-electron chi connectivity index (χ1n) is 7.05. The third kappa shape index (κ3) is 2.65. The Morgan fingerprint density at radius 3 is 2.64 bits per heavy atom. The Kier molecular flexibility index (Phi) is 3.78. The minimum atomic E-state index is -0.659. The van der Waals surface area contributed by atoms with Gasteiger partial charge in [-0.15, -0.1) is 0 Å². The summed E-state index contributed by atoms with van der Waals surface area (Å²) in [6.45, 7) is 1.66. The molecule has 0 unspecified atom stereocenters. The molecule has 1 saturated heterocycles. The largest absolute Gasteiger partial charge is 0.361 e. The van der Waals surface area contributed by atoms with Crippen LogP contribution in [0.25, 0.3) is 10.9 Å². The van der Waals surface area contributed by atoms with Crippen LogP contribution < -0.4 is 5.32 Å². The summed E-state index contributed by atoms with van der Waals surface area (Å²) in [4.78, 5) is 41.1. The van der Waals surface area contributed by atoms with Gasteiger partial charge in [0.25, 0.3) is 0 Å². The molecule has 0 spiro atoms. The van der Waals surface area contributed by atoms with E-state index in [2.05, 4.69) is 10.3 Å². The quantitative estimate of drug-likeness (QED) is 0.622. The summed E-state index contributed by atoms with van der Waals surface area (Å²) in [7, 11) is 0. The third-order valence-corrected chi connectivity index (χ3v) is 3.79. The van der Waals surface area contributed by atoms with Crippen LogP contribution in [0.1, 0.15) is 0 Å². The number of benzene rings is 1. The molecular weight excluding hydrogens is 284 g/mol. The van der Waals surface area contributed by atoms with Crippen molar-refractivity contribution in [2.45, 2.75) is 0 Å². The molecule has 1 fully saturated rings. The molecule has 0 atom stereocenters. The first kappa shape index (κ1) is 14.1. The molecule has 1 aliphatic heterocycles. The maximum Gasteiger partial charge on any atom is 0.313 e. The zero-order chi connectivity index (χ0) is 15.5. The van der Waals surface area contributed by atoms with Gasteiger partial charge < -0.3 is 20.1 Å². The Bertz CT molecular complexity index is 716. The predicted octanol–water partition coefficient (Wildman–Crippen LogP) is 0.407. The zero-order valence-electron chi connectivity index (χ0n) is 11.9. The van der Waals surface area contributed by atoms with Gasteiger partial charge in [0.15, 0.2) is 0 Å². The third-order valence-electron chi connectivity index (χ3n) is 3.79. The number of H-pyrrole nitrogens is 1. The highest BCUT2D eigenvalue weighted by Crippen LogP contribution is 2.22. The number of nitrogens with one attached hydrogen (secondary N) is 2. The van der Waals surface area contributed by atoms with Gasteiger partial charge in [-0.05, 0) is 18.2 Å². The summed E-state index contributed by atoms with van der Waals surface area (Å²) in [5.74, 6) is -1.23. The number of aromatic nitrogens is 1. The van der Waals surface area contributed by atoms with Crippen molar-refractivity contribution in [3.05, 3.63) is 30.5 Å². The average molecular weight is 300 g/mol. The molecule has 0 saturated carbocycles. The molecule has 2 aromatic rings. The maximum absolute atomic E-state index is 12.2. The Hall–Kier alpha value is -2.83. The van der Waals surface area contributed by atoms with E-state index in [1.165, 1.54) is 4.90 Å². The topological polar surface area (TPSA) is 85.5 Å². The van der Waals surface area contributed by atoms with Crippen LogP contribution in [0.5, 0.6) is 0 Å².